The molecule has 0 nitrogen and oxygen atoms in total. The summed E-state index contributed by atoms with van der Waals surface area (Å²) in [4.78, 5) is 0. The second-order valence-corrected chi connectivity index (χ2v) is 18.6. The van der Waals surface area contributed by atoms with E-state index in [4.69, 9.17) is 23.2 Å². The van der Waals surface area contributed by atoms with Gasteiger partial charge in [0.1, 0.15) is 0 Å². The molecule has 0 N–H and O–H groups in total. The molecule has 0 atom stereocenters. The summed E-state index contributed by atoms with van der Waals surface area (Å²) in [5, 5.41) is 6.70. The van der Waals surface area contributed by atoms with E-state index in [-0.39, 0.29) is 35.6 Å². The van der Waals surface area contributed by atoms with Crippen LogP contribution in [0.15, 0.2) is 140 Å². The van der Waals surface area contributed by atoms with Crippen molar-refractivity contribution in [3.05, 3.63) is 204 Å². The molecule has 56 heavy (non-hydrogen) atoms. The third-order valence-corrected chi connectivity index (χ3v) is 12.5. The van der Waals surface area contributed by atoms with E-state index in [9.17, 15) is 0 Å². The van der Waals surface area contributed by atoms with Gasteiger partial charge in [-0.05, 0) is 0 Å². The van der Waals surface area contributed by atoms with E-state index < -0.39 is 0 Å². The Bertz CT molecular complexity index is 2690. The quantitative estimate of drug-likeness (QED) is 0.179. The Morgan fingerprint density at radius 3 is 1.61 bits per heavy atom. The van der Waals surface area contributed by atoms with Gasteiger partial charge >= 0.3 is 347 Å². The van der Waals surface area contributed by atoms with Crippen molar-refractivity contribution in [3.8, 4) is 22.3 Å². The molecule has 0 unspecified atom stereocenters. The number of rotatable bonds is 5. The van der Waals surface area contributed by atoms with E-state index in [0.717, 1.165) is 27.6 Å². The molecule has 0 radical (unpaired) electrons. The Morgan fingerprint density at radius 2 is 1.12 bits per heavy atom. The van der Waals surface area contributed by atoms with Crippen molar-refractivity contribution in [1.82, 2.24) is 0 Å². The molecule has 0 heterocycles. The van der Waals surface area contributed by atoms with Gasteiger partial charge in [0.2, 0.25) is 0 Å². The van der Waals surface area contributed by atoms with Gasteiger partial charge in [0.25, 0.3) is 0 Å². The van der Waals surface area contributed by atoms with Gasteiger partial charge in [-0.2, -0.15) is 0 Å². The summed E-state index contributed by atoms with van der Waals surface area (Å²) in [6.07, 6.45) is 7.79. The maximum Gasteiger partial charge on any atom is -1.00 e. The predicted octanol–water partition coefficient (Wildman–Crippen LogP) is 6.82. The normalized spacial score (nSPS) is 13.1. The summed E-state index contributed by atoms with van der Waals surface area (Å²) < 4.78 is 1.40. The Kier molecular flexibility index (Phi) is 12.4. The summed E-state index contributed by atoms with van der Waals surface area (Å²) >= 11 is 14.6. The van der Waals surface area contributed by atoms with Crippen molar-refractivity contribution >= 4 is 37.6 Å². The molecule has 0 saturated carbocycles. The first-order valence-electron chi connectivity index (χ1n) is 18.7. The summed E-state index contributed by atoms with van der Waals surface area (Å²) in [6.45, 7) is 14.2. The summed E-state index contributed by atoms with van der Waals surface area (Å²) in [5.74, 6) is 0. The number of benzene rings is 6. The standard InChI is InChI=1S/C51H43Cl2.2ClH.Zr/c1-50(2,3)43-31-41-37(29-40(43)32-15-9-7-10-16-32)30-42-45(33-19-13-14-20-33)46(34-17-11-8-12-18-34)49(51(4,5)6)48(47(41)42)44(35-21-25-38(52)26-22-35)36-23-27-39(53)28-24-36;;;/h7-19,21-29,31H,20H2,1-6H3;2*1H;/q;;;+2/p-2. The minimum absolute atomic E-state index is 0. The molecule has 5 heteroatoms. The van der Waals surface area contributed by atoms with E-state index in [1.54, 1.807) is 0 Å². The van der Waals surface area contributed by atoms with Crippen LogP contribution in [0.4, 0.5) is 0 Å². The molecule has 2 aliphatic carbocycles. The zero-order valence-electron chi connectivity index (χ0n) is 32.5. The van der Waals surface area contributed by atoms with E-state index in [1.807, 2.05) is 24.3 Å². The Balaban J connectivity index is 0.00000266. The largest absolute Gasteiger partial charge is 1.00 e. The van der Waals surface area contributed by atoms with Crippen LogP contribution in [-0.4, -0.2) is 0 Å². The molecule has 0 aromatic heterocycles. The first-order chi connectivity index (χ1) is 25.8. The molecule has 0 saturated heterocycles. The average molecular weight is 889 g/mol. The smallest absolute Gasteiger partial charge is 1.00 e. The van der Waals surface area contributed by atoms with Crippen molar-refractivity contribution in [2.24, 2.45) is 0 Å². The number of halogens is 4. The third-order valence-electron chi connectivity index (χ3n) is 10.8. The van der Waals surface area contributed by atoms with Gasteiger partial charge in [0.05, 0.1) is 0 Å². The number of fused-ring (bicyclic) bond motifs is 2. The minimum Gasteiger partial charge on any atom is -1.00 e. The maximum atomic E-state index is 6.60. The van der Waals surface area contributed by atoms with Gasteiger partial charge < -0.3 is 24.8 Å². The van der Waals surface area contributed by atoms with Gasteiger partial charge in [-0.1, -0.05) is 0 Å². The Morgan fingerprint density at radius 1 is 0.589 bits per heavy atom. The number of hydrogen-bond acceptors (Lipinski definition) is 0. The second kappa shape index (κ2) is 16.4. The molecule has 8 rings (SSSR count). The van der Waals surface area contributed by atoms with E-state index in [2.05, 4.69) is 157 Å². The Labute approximate surface area is 369 Å². The van der Waals surface area contributed by atoms with Crippen molar-refractivity contribution in [2.75, 3.05) is 0 Å². The first-order valence-corrected chi connectivity index (χ1v) is 20.7. The van der Waals surface area contributed by atoms with Crippen LogP contribution in [0.3, 0.4) is 0 Å². The average Bonchev–Trinajstić information content (AvgIpc) is 3.79. The molecule has 0 fully saturated rings. The molecule has 0 spiro atoms. The molecule has 0 amide bonds. The molecule has 0 aliphatic heterocycles. The van der Waals surface area contributed by atoms with Gasteiger partial charge in [0.15, 0.2) is 0 Å². The maximum absolute atomic E-state index is 6.60. The molecular formula is C51H43Cl4Zr. The van der Waals surface area contributed by atoms with Crippen molar-refractivity contribution < 1.29 is 49.5 Å². The summed E-state index contributed by atoms with van der Waals surface area (Å²) in [5.41, 5.74) is 15.0. The zero-order valence-corrected chi connectivity index (χ0v) is 38.0. The first kappa shape index (κ1) is 42.2. The van der Waals surface area contributed by atoms with Crippen molar-refractivity contribution in [1.29, 1.82) is 0 Å². The van der Waals surface area contributed by atoms with E-state index >= 15 is 0 Å². The third kappa shape index (κ3) is 7.64. The van der Waals surface area contributed by atoms with Crippen LogP contribution in [0.2, 0.25) is 10.0 Å². The van der Waals surface area contributed by atoms with E-state index in [0.29, 0.717) is 0 Å². The fraction of sp³-hybridized carbons (Fsp3) is 0.176. The van der Waals surface area contributed by atoms with E-state index in [1.165, 1.54) is 105 Å². The van der Waals surface area contributed by atoms with Crippen LogP contribution in [0.5, 0.6) is 0 Å². The molecule has 2 aliphatic rings. The topological polar surface area (TPSA) is 0 Å². The SMILES string of the molecule is CC(C)(C)c1cc2c(cc1-c1ccccc1)=[C]([Zr+2])c1c(C3=CC=CC3)c(-c3ccccc3)c(C(C)(C)C)c(=C(c3ccc(Cl)cc3)c3ccc(Cl)cc3)c1=2.[Cl-].[Cl-]. The van der Waals surface area contributed by atoms with Crippen LogP contribution in [0.1, 0.15) is 81.3 Å². The summed E-state index contributed by atoms with van der Waals surface area (Å²) in [7, 11) is 0. The van der Waals surface area contributed by atoms with Crippen molar-refractivity contribution in [3.63, 3.8) is 0 Å². The predicted molar refractivity (Wildman–Crippen MR) is 227 cm³/mol. The fourth-order valence-corrected chi connectivity index (χ4v) is 9.81. The van der Waals surface area contributed by atoms with Gasteiger partial charge in [-0.25, -0.2) is 0 Å². The zero-order chi connectivity index (χ0) is 37.9. The molecule has 6 aromatic rings. The molecule has 0 bridgehead atoms. The fourth-order valence-electron chi connectivity index (χ4n) is 8.43. The molecule has 279 valence electrons. The van der Waals surface area contributed by atoms with Crippen LogP contribution in [0, 0.1) is 10.4 Å². The van der Waals surface area contributed by atoms with Crippen LogP contribution < -0.4 is 35.3 Å². The minimum atomic E-state index is -0.248. The molecule has 6 aromatic carbocycles. The number of allylic oxidation sites excluding steroid dienone is 4. The van der Waals surface area contributed by atoms with Crippen LogP contribution in [0.25, 0.3) is 36.7 Å². The van der Waals surface area contributed by atoms with Gasteiger partial charge in [-0.3, -0.25) is 0 Å². The van der Waals surface area contributed by atoms with Crippen LogP contribution >= 0.6 is 23.2 Å². The van der Waals surface area contributed by atoms with Crippen LogP contribution in [-0.2, 0) is 35.5 Å². The molecular weight excluding hydrogens is 846 g/mol. The second-order valence-electron chi connectivity index (χ2n) is 16.5. The number of hydrogen-bond donors (Lipinski definition) is 0. The van der Waals surface area contributed by atoms with Crippen molar-refractivity contribution in [2.45, 2.75) is 58.8 Å². The Hall–Kier alpha value is -3.42. The van der Waals surface area contributed by atoms with Gasteiger partial charge in [-0.15, -0.1) is 0 Å². The van der Waals surface area contributed by atoms with Gasteiger partial charge in [0, 0.05) is 0 Å². The monoisotopic (exact) mass is 885 g/mol. The summed E-state index contributed by atoms with van der Waals surface area (Å²) in [6, 6.07) is 43.9.